The quantitative estimate of drug-likeness (QED) is 0.0260. The fourth-order valence-electron chi connectivity index (χ4n) is 8.97. The van der Waals surface area contributed by atoms with Crippen LogP contribution in [0.15, 0.2) is 133 Å². The van der Waals surface area contributed by atoms with Gasteiger partial charge in [0.1, 0.15) is 59.4 Å². The molecule has 5 heterocycles. The van der Waals surface area contributed by atoms with Gasteiger partial charge in [-0.05, 0) is 212 Å². The van der Waals surface area contributed by atoms with E-state index in [-0.39, 0.29) is 100 Å². The van der Waals surface area contributed by atoms with Crippen LogP contribution in [0.3, 0.4) is 0 Å². The van der Waals surface area contributed by atoms with Gasteiger partial charge in [0.05, 0.1) is 70.5 Å². The number of nitrogens with one attached hydrogen (secondary N) is 3. The Morgan fingerprint density at radius 1 is 0.523 bits per heavy atom. The number of pyridine rings is 5. The van der Waals surface area contributed by atoms with Crippen LogP contribution in [0, 0.1) is 11.6 Å². The topological polar surface area (TPSA) is 311 Å². The van der Waals surface area contributed by atoms with E-state index < -0.39 is 40.5 Å². The summed E-state index contributed by atoms with van der Waals surface area (Å²) in [6, 6.07) is 35.2. The smallest absolute Gasteiger partial charge is 0.412 e. The Bertz CT molecular complexity index is 4430. The van der Waals surface area contributed by atoms with Crippen LogP contribution in [-0.4, -0.2) is 111 Å². The molecular formula is C80H100Cl8F2N10O11. The number of rotatable bonds is 20. The maximum absolute atomic E-state index is 13.6. The second kappa shape index (κ2) is 46.6. The van der Waals surface area contributed by atoms with E-state index in [9.17, 15) is 33.4 Å². The fourth-order valence-corrected chi connectivity index (χ4v) is 10.8. The molecular weight excluding hydrogens is 1600 g/mol. The number of ketones is 1. The number of nitrogen functional groups attached to an aromatic ring is 1. The summed E-state index contributed by atoms with van der Waals surface area (Å²) in [5, 5.41) is 40.9. The van der Waals surface area contributed by atoms with Gasteiger partial charge in [-0.25, -0.2) is 43.3 Å². The number of carboxylic acid groups (broad SMARTS) is 1. The van der Waals surface area contributed by atoms with Gasteiger partial charge in [-0.1, -0.05) is 137 Å². The molecule has 0 bridgehead atoms. The Hall–Kier alpha value is -8.30. The molecule has 31 heteroatoms. The number of carboxylic acids is 1. The predicted octanol–water partition coefficient (Wildman–Crippen LogP) is 22.5. The molecule has 0 spiro atoms. The summed E-state index contributed by atoms with van der Waals surface area (Å²) in [6.45, 7) is 10.6. The van der Waals surface area contributed by atoms with E-state index in [2.05, 4.69) is 40.9 Å². The van der Waals surface area contributed by atoms with Crippen LogP contribution in [0.25, 0.3) is 22.5 Å². The minimum absolute atomic E-state index is 0. The maximum atomic E-state index is 13.6. The number of hydrogen-bond acceptors (Lipinski definition) is 19. The summed E-state index contributed by atoms with van der Waals surface area (Å²) in [5.74, 6) is 0.129. The fraction of sp³-hybridized carbons (Fsp3) is 0.350. The van der Waals surface area contributed by atoms with E-state index in [1.807, 2.05) is 19.1 Å². The van der Waals surface area contributed by atoms with Gasteiger partial charge in [-0.3, -0.25) is 10.1 Å². The lowest BCUT2D eigenvalue weighted by atomic mass is 9.92. The molecule has 21 nitrogen and oxygen atoms in total. The number of amides is 1. The van der Waals surface area contributed by atoms with Gasteiger partial charge in [0.15, 0.2) is 28.8 Å². The van der Waals surface area contributed by atoms with E-state index in [0.717, 1.165) is 43.4 Å². The monoisotopic (exact) mass is 1690 g/mol. The number of aliphatic hydroxyl groups is 2. The number of hydrogen-bond donors (Lipinski definition) is 8. The largest absolute Gasteiger partial charge is 0.493 e. The normalized spacial score (nSPS) is 12.5. The third kappa shape index (κ3) is 33.5. The Kier molecular flexibility index (Phi) is 42.3. The number of halogens is 10. The molecule has 2 aliphatic rings. The minimum atomic E-state index is -1.39. The lowest BCUT2D eigenvalue weighted by Gasteiger charge is -2.24. The van der Waals surface area contributed by atoms with Crippen LogP contribution in [0.4, 0.5) is 36.3 Å². The SMILES string of the molecule is C.C.C.C.C.CC(C)(C)OC(=O)Nc1cc(Cl)nc(Cl)c1.CCc1cc(Cl)nc(Cl)c1.CNc1cc(-c2ccc(F)c(Cl)c2)nc(C(C)(O)CCC(=O)c2ccc(OC3CC3)c(OC)c2)c1.CNc1cc(-c2ccc(F)c(Cl)c2)nc(C(C)(O)CN)c1.COc1cc(C(=O)O)ccc1OC1CC1.Nc1cc(Cl)nc(Cl)c1. The third-order valence-electron chi connectivity index (χ3n) is 15.0. The zero-order valence-corrected chi connectivity index (χ0v) is 65.3. The Balaban J connectivity index is 0.000000703. The van der Waals surface area contributed by atoms with Crippen LogP contribution < -0.4 is 46.4 Å². The zero-order chi connectivity index (χ0) is 78.4. The molecule has 2 saturated carbocycles. The number of aromatic carboxylic acids is 1. The van der Waals surface area contributed by atoms with Crippen LogP contribution in [-0.2, 0) is 22.4 Å². The summed E-state index contributed by atoms with van der Waals surface area (Å²) in [7, 11) is 6.56. The first-order valence-electron chi connectivity index (χ1n) is 32.6. The molecule has 9 aromatic rings. The van der Waals surface area contributed by atoms with E-state index in [0.29, 0.717) is 100 Å². The predicted molar refractivity (Wildman–Crippen MR) is 450 cm³/mol. The summed E-state index contributed by atoms with van der Waals surface area (Å²) in [4.78, 5) is 55.3. The van der Waals surface area contributed by atoms with Gasteiger partial charge in [-0.15, -0.1) is 0 Å². The molecule has 4 aromatic carbocycles. The van der Waals surface area contributed by atoms with Gasteiger partial charge in [0.25, 0.3) is 0 Å². The second-order valence-electron chi connectivity index (χ2n) is 25.0. The Labute approximate surface area is 690 Å². The molecule has 11 rings (SSSR count). The van der Waals surface area contributed by atoms with Gasteiger partial charge in [-0.2, -0.15) is 0 Å². The van der Waals surface area contributed by atoms with Crippen molar-refractivity contribution in [3.8, 4) is 45.5 Å². The summed E-state index contributed by atoms with van der Waals surface area (Å²) in [6.07, 6.45) is 5.28. The highest BCUT2D eigenvalue weighted by Gasteiger charge is 2.30. The van der Waals surface area contributed by atoms with Gasteiger partial charge in [0.2, 0.25) is 0 Å². The Morgan fingerprint density at radius 2 is 0.919 bits per heavy atom. The molecule has 2 atom stereocenters. The Morgan fingerprint density at radius 3 is 1.28 bits per heavy atom. The summed E-state index contributed by atoms with van der Waals surface area (Å²) >= 11 is 45.3. The number of methoxy groups -OCH3 is 2. The molecule has 0 aliphatic heterocycles. The molecule has 2 fully saturated rings. The maximum Gasteiger partial charge on any atom is 0.412 e. The summed E-state index contributed by atoms with van der Waals surface area (Å²) < 4.78 is 53.8. The van der Waals surface area contributed by atoms with Gasteiger partial charge < -0.3 is 61.1 Å². The summed E-state index contributed by atoms with van der Waals surface area (Å²) in [5.41, 5.74) is 15.2. The van der Waals surface area contributed by atoms with Crippen molar-refractivity contribution in [3.05, 3.63) is 214 Å². The second-order valence-corrected chi connectivity index (χ2v) is 28.1. The molecule has 1 amide bonds. The zero-order valence-electron chi connectivity index (χ0n) is 59.3. The number of anilines is 4. The number of carbonyl (C=O) groups is 3. The number of nitrogens with zero attached hydrogens (tertiary/aromatic N) is 5. The van der Waals surface area contributed by atoms with Crippen LogP contribution in [0.2, 0.25) is 41.0 Å². The molecule has 0 radical (unpaired) electrons. The molecule has 2 aliphatic carbocycles. The van der Waals surface area contributed by atoms with E-state index in [4.69, 9.17) is 133 Å². The van der Waals surface area contributed by atoms with Crippen molar-refractivity contribution < 1.29 is 62.2 Å². The molecule has 10 N–H and O–H groups in total. The number of aryl methyl sites for hydroxylation is 1. The van der Waals surface area contributed by atoms with Crippen molar-refractivity contribution in [2.45, 2.75) is 153 Å². The number of Topliss-reactive ketones (excluding diaryl/α,β-unsaturated/α-hetero) is 1. The van der Waals surface area contributed by atoms with Crippen LogP contribution >= 0.6 is 92.8 Å². The molecule has 0 saturated heterocycles. The lowest BCUT2D eigenvalue weighted by molar-refractivity contribution is 0.0398. The molecule has 2 unspecified atom stereocenters. The number of carbonyl (C=O) groups excluding carboxylic acids is 2. The standard InChI is InChI=1S/C27H28ClFN2O4.C15H17ClFN3O.C11H12O4.C10H12Cl2N2O2.C7H7Cl2N.C5H4Cl2N2.5CH4/c1-27(33,11-10-23(32)17-5-9-24(25(13-17)34-3)35-19-6-7-19)26-15-18(30-2)14-22(31-26)16-4-8-21(29)20(28)12-16;1-15(21,8-18)14-7-10(19-2)6-13(20-14)9-3-4-12(17)11(16)5-9;1-14-10-6-7(11(12)13)2-5-9(10)15-8-3-4-8;1-10(2,3)16-9(15)13-6-4-7(11)14-8(12)5-6;1-2-5-3-6(8)10-7(9)4-5;6-4-1-3(8)2-5(7)9-4;;;;;/h4-5,8-9,12-15,19,33H,6-7,10-11H2,1-3H3,(H,30,31);3-7,21H,8,18H2,1-2H3,(H,19,20);2,5-6,8H,3-4H2,1H3,(H,12,13);4-5H,1-3H3,(H,13,14,15);3-4H,2H2,1H3;1-2H,(H2,8,9);5*1H4. The number of ether oxygens (including phenoxy) is 5. The number of benzene rings is 4. The lowest BCUT2D eigenvalue weighted by Crippen LogP contribution is -2.32. The highest BCUT2D eigenvalue weighted by Crippen LogP contribution is 2.38. The van der Waals surface area contributed by atoms with Crippen LogP contribution in [0.5, 0.6) is 23.0 Å². The van der Waals surface area contributed by atoms with Gasteiger partial charge >= 0.3 is 12.1 Å². The first-order valence-corrected chi connectivity index (χ1v) is 35.6. The van der Waals surface area contributed by atoms with E-state index in [1.165, 1.54) is 67.8 Å². The van der Waals surface area contributed by atoms with E-state index >= 15 is 0 Å². The van der Waals surface area contributed by atoms with Crippen molar-refractivity contribution in [1.29, 1.82) is 0 Å². The highest BCUT2D eigenvalue weighted by molar-refractivity contribution is 6.34. The molecule has 111 heavy (non-hydrogen) atoms. The molecule has 606 valence electrons. The average Bonchev–Trinajstić information content (AvgIpc) is 1.70. The number of nitrogens with two attached hydrogens (primary N) is 2. The average molecular weight is 1700 g/mol. The van der Waals surface area contributed by atoms with Crippen LogP contribution in [0.1, 0.15) is 155 Å². The number of aromatic nitrogens is 5. The van der Waals surface area contributed by atoms with E-state index in [1.54, 1.807) is 116 Å². The first kappa shape index (κ1) is 101. The first-order chi connectivity index (χ1) is 49.9. The molecule has 5 aromatic heterocycles. The van der Waals surface area contributed by atoms with Crippen molar-refractivity contribution in [1.82, 2.24) is 24.9 Å². The van der Waals surface area contributed by atoms with Gasteiger partial charge in [0, 0.05) is 60.8 Å². The van der Waals surface area contributed by atoms with Crippen molar-refractivity contribution >= 4 is 133 Å². The van der Waals surface area contributed by atoms with Crippen molar-refractivity contribution in [2.24, 2.45) is 5.73 Å². The third-order valence-corrected chi connectivity index (χ3v) is 16.7. The van der Waals surface area contributed by atoms with Crippen molar-refractivity contribution in [3.63, 3.8) is 0 Å². The van der Waals surface area contributed by atoms with Crippen molar-refractivity contribution in [2.75, 3.05) is 56.5 Å². The minimum Gasteiger partial charge on any atom is -0.493 e. The highest BCUT2D eigenvalue weighted by atomic mass is 35.5.